The highest BCUT2D eigenvalue weighted by molar-refractivity contribution is 6.05. The Morgan fingerprint density at radius 1 is 1.26 bits per heavy atom. The topological polar surface area (TPSA) is 66.5 Å². The number of benzene rings is 1. The van der Waals surface area contributed by atoms with Gasteiger partial charge < -0.3 is 15.4 Å². The Bertz CT molecular complexity index is 773. The van der Waals surface area contributed by atoms with E-state index < -0.39 is 0 Å². The number of aryl methyl sites for hydroxylation is 2. The predicted octanol–water partition coefficient (Wildman–Crippen LogP) is 2.95. The number of morpholine rings is 1. The first-order valence-electron chi connectivity index (χ1n) is 9.57. The molecule has 1 aromatic heterocycles. The number of ether oxygens (including phenoxy) is 1. The highest BCUT2D eigenvalue weighted by Gasteiger charge is 2.12. The lowest BCUT2D eigenvalue weighted by Crippen LogP contribution is -2.39. The molecule has 0 radical (unpaired) electrons. The van der Waals surface area contributed by atoms with Gasteiger partial charge in [-0.25, -0.2) is 4.98 Å². The second-order valence-electron chi connectivity index (χ2n) is 6.73. The molecule has 1 amide bonds. The Morgan fingerprint density at radius 2 is 2.07 bits per heavy atom. The van der Waals surface area contributed by atoms with Crippen molar-refractivity contribution in [1.29, 1.82) is 0 Å². The fourth-order valence-corrected chi connectivity index (χ4v) is 3.22. The zero-order valence-corrected chi connectivity index (χ0v) is 16.1. The molecule has 0 saturated carbocycles. The predicted molar refractivity (Wildman–Crippen MR) is 108 cm³/mol. The van der Waals surface area contributed by atoms with Crippen molar-refractivity contribution in [1.82, 2.24) is 9.88 Å². The van der Waals surface area contributed by atoms with Gasteiger partial charge in [0.25, 0.3) is 5.91 Å². The molecule has 0 atom stereocenters. The molecule has 1 fully saturated rings. The van der Waals surface area contributed by atoms with Crippen LogP contribution in [0.5, 0.6) is 0 Å². The van der Waals surface area contributed by atoms with Gasteiger partial charge in [-0.2, -0.15) is 0 Å². The minimum atomic E-state index is -0.113. The number of rotatable bonds is 7. The number of carbonyl (C=O) groups excluding carboxylic acids is 1. The van der Waals surface area contributed by atoms with Crippen LogP contribution in [0.1, 0.15) is 28.4 Å². The van der Waals surface area contributed by atoms with Gasteiger partial charge in [-0.05, 0) is 36.6 Å². The fourth-order valence-electron chi connectivity index (χ4n) is 3.22. The highest BCUT2D eigenvalue weighted by Crippen LogP contribution is 2.22. The molecule has 0 aliphatic carbocycles. The molecular weight excluding hydrogens is 340 g/mol. The van der Waals surface area contributed by atoms with Crippen molar-refractivity contribution in [2.75, 3.05) is 50.0 Å². The molecule has 6 heteroatoms. The van der Waals surface area contributed by atoms with Crippen molar-refractivity contribution >= 4 is 17.4 Å². The zero-order valence-electron chi connectivity index (χ0n) is 16.1. The monoisotopic (exact) mass is 368 g/mol. The van der Waals surface area contributed by atoms with E-state index in [4.69, 9.17) is 4.74 Å². The first-order valence-corrected chi connectivity index (χ1v) is 9.57. The second-order valence-corrected chi connectivity index (χ2v) is 6.73. The number of para-hydroxylation sites is 1. The molecule has 27 heavy (non-hydrogen) atoms. The Balaban J connectivity index is 1.60. The third kappa shape index (κ3) is 5.28. The summed E-state index contributed by atoms with van der Waals surface area (Å²) in [6.07, 6.45) is 2.55. The largest absolute Gasteiger partial charge is 0.379 e. The van der Waals surface area contributed by atoms with Crippen molar-refractivity contribution < 1.29 is 9.53 Å². The maximum absolute atomic E-state index is 12.7. The Kier molecular flexibility index (Phi) is 6.79. The first-order chi connectivity index (χ1) is 13.2. The summed E-state index contributed by atoms with van der Waals surface area (Å²) in [4.78, 5) is 19.4. The van der Waals surface area contributed by atoms with Crippen molar-refractivity contribution in [3.05, 3.63) is 53.2 Å². The van der Waals surface area contributed by atoms with Crippen LogP contribution in [0.25, 0.3) is 0 Å². The lowest BCUT2D eigenvalue weighted by molar-refractivity contribution is 0.0398. The smallest absolute Gasteiger partial charge is 0.255 e. The SMILES string of the molecule is CCc1cccc(C)c1NC(=O)c1ccnc(NCCN2CCOCC2)c1. The fraction of sp³-hybridized carbons (Fsp3) is 0.429. The van der Waals surface area contributed by atoms with Crippen molar-refractivity contribution in [2.24, 2.45) is 0 Å². The summed E-state index contributed by atoms with van der Waals surface area (Å²) in [6, 6.07) is 9.63. The zero-order chi connectivity index (χ0) is 19.1. The van der Waals surface area contributed by atoms with Gasteiger partial charge in [0.15, 0.2) is 0 Å². The van der Waals surface area contributed by atoms with Gasteiger partial charge >= 0.3 is 0 Å². The molecule has 2 N–H and O–H groups in total. The summed E-state index contributed by atoms with van der Waals surface area (Å²) in [5.41, 5.74) is 3.72. The molecule has 2 aromatic rings. The number of hydrogen-bond donors (Lipinski definition) is 2. The number of nitrogens with one attached hydrogen (secondary N) is 2. The van der Waals surface area contributed by atoms with Crippen LogP contribution in [0, 0.1) is 6.92 Å². The molecule has 0 unspecified atom stereocenters. The number of nitrogens with zero attached hydrogens (tertiary/aromatic N) is 2. The summed E-state index contributed by atoms with van der Waals surface area (Å²) in [6.45, 7) is 9.36. The Hall–Kier alpha value is -2.44. The van der Waals surface area contributed by atoms with Crippen LogP contribution < -0.4 is 10.6 Å². The van der Waals surface area contributed by atoms with E-state index in [0.29, 0.717) is 5.56 Å². The molecule has 1 saturated heterocycles. The van der Waals surface area contributed by atoms with E-state index in [1.54, 1.807) is 18.3 Å². The first kappa shape index (κ1) is 19.3. The minimum Gasteiger partial charge on any atom is -0.379 e. The van der Waals surface area contributed by atoms with Crippen LogP contribution in [-0.4, -0.2) is 55.2 Å². The molecule has 144 valence electrons. The molecule has 1 aliphatic heterocycles. The van der Waals surface area contributed by atoms with Gasteiger partial charge in [-0.1, -0.05) is 25.1 Å². The third-order valence-corrected chi connectivity index (χ3v) is 4.84. The van der Waals surface area contributed by atoms with E-state index in [2.05, 4.69) is 27.4 Å². The maximum Gasteiger partial charge on any atom is 0.255 e. The van der Waals surface area contributed by atoms with Crippen molar-refractivity contribution in [3.63, 3.8) is 0 Å². The van der Waals surface area contributed by atoms with E-state index in [1.807, 2.05) is 25.1 Å². The lowest BCUT2D eigenvalue weighted by atomic mass is 10.1. The number of amides is 1. The van der Waals surface area contributed by atoms with E-state index in [9.17, 15) is 4.79 Å². The van der Waals surface area contributed by atoms with Crippen LogP contribution in [0.15, 0.2) is 36.5 Å². The summed E-state index contributed by atoms with van der Waals surface area (Å²) in [5, 5.41) is 6.38. The van der Waals surface area contributed by atoms with Crippen LogP contribution >= 0.6 is 0 Å². The standard InChI is InChI=1S/C21H28N4O2/c1-3-17-6-4-5-16(2)20(17)24-21(26)18-7-8-22-19(15-18)23-9-10-25-11-13-27-14-12-25/h4-8,15H,3,9-14H2,1-2H3,(H,22,23)(H,24,26). The Labute approximate surface area is 160 Å². The average Bonchev–Trinajstić information content (AvgIpc) is 2.70. The quantitative estimate of drug-likeness (QED) is 0.787. The summed E-state index contributed by atoms with van der Waals surface area (Å²) in [7, 11) is 0. The van der Waals surface area contributed by atoms with E-state index in [-0.39, 0.29) is 5.91 Å². The molecular formula is C21H28N4O2. The van der Waals surface area contributed by atoms with Crippen LogP contribution in [0.2, 0.25) is 0 Å². The average molecular weight is 368 g/mol. The maximum atomic E-state index is 12.7. The van der Waals surface area contributed by atoms with Crippen molar-refractivity contribution in [2.45, 2.75) is 20.3 Å². The summed E-state index contributed by atoms with van der Waals surface area (Å²) in [5.74, 6) is 0.606. The van der Waals surface area contributed by atoms with Gasteiger partial charge in [0.05, 0.1) is 13.2 Å². The van der Waals surface area contributed by atoms with Gasteiger partial charge in [0.2, 0.25) is 0 Å². The highest BCUT2D eigenvalue weighted by atomic mass is 16.5. The minimum absolute atomic E-state index is 0.113. The van der Waals surface area contributed by atoms with Crippen LogP contribution in [-0.2, 0) is 11.2 Å². The molecule has 3 rings (SSSR count). The molecule has 1 aliphatic rings. The number of aromatic nitrogens is 1. The van der Waals surface area contributed by atoms with E-state index in [1.165, 1.54) is 0 Å². The van der Waals surface area contributed by atoms with E-state index in [0.717, 1.165) is 68.4 Å². The van der Waals surface area contributed by atoms with Crippen LogP contribution in [0.4, 0.5) is 11.5 Å². The third-order valence-electron chi connectivity index (χ3n) is 4.84. The normalized spacial score (nSPS) is 14.7. The second kappa shape index (κ2) is 9.48. The summed E-state index contributed by atoms with van der Waals surface area (Å²) < 4.78 is 5.36. The molecule has 0 bridgehead atoms. The molecule has 2 heterocycles. The van der Waals surface area contributed by atoms with E-state index >= 15 is 0 Å². The van der Waals surface area contributed by atoms with Gasteiger partial charge in [-0.3, -0.25) is 9.69 Å². The number of hydrogen-bond acceptors (Lipinski definition) is 5. The van der Waals surface area contributed by atoms with Gasteiger partial charge in [-0.15, -0.1) is 0 Å². The van der Waals surface area contributed by atoms with Crippen LogP contribution in [0.3, 0.4) is 0 Å². The lowest BCUT2D eigenvalue weighted by Gasteiger charge is -2.26. The molecule has 1 aromatic carbocycles. The summed E-state index contributed by atoms with van der Waals surface area (Å²) >= 11 is 0. The number of pyridine rings is 1. The number of anilines is 2. The molecule has 0 spiro atoms. The molecule has 6 nitrogen and oxygen atoms in total. The van der Waals surface area contributed by atoms with Crippen molar-refractivity contribution in [3.8, 4) is 0 Å². The number of carbonyl (C=O) groups is 1. The Morgan fingerprint density at radius 3 is 2.85 bits per heavy atom. The van der Waals surface area contributed by atoms with Gasteiger partial charge in [0, 0.05) is 43.6 Å². The van der Waals surface area contributed by atoms with Gasteiger partial charge in [0.1, 0.15) is 5.82 Å².